The quantitative estimate of drug-likeness (QED) is 0.798. The number of nitrogens with two attached hydrogens (primary N) is 1. The lowest BCUT2D eigenvalue weighted by Crippen LogP contribution is -2.43. The minimum atomic E-state index is -0.335. The number of nitrogens with zero attached hydrogens (tertiary/aromatic N) is 3. The number of aromatic nitrogens is 2. The predicted octanol–water partition coefficient (Wildman–Crippen LogP) is 0.256. The Hall–Kier alpha value is -1.63. The highest BCUT2D eigenvalue weighted by atomic mass is 16.6. The molecule has 0 spiro atoms. The van der Waals surface area contributed by atoms with Crippen molar-refractivity contribution < 1.29 is 9.42 Å². The molecule has 1 aliphatic rings. The van der Waals surface area contributed by atoms with Crippen molar-refractivity contribution in [3.05, 3.63) is 5.69 Å². The molecule has 2 rings (SSSR count). The fourth-order valence-electron chi connectivity index (χ4n) is 2.22. The van der Waals surface area contributed by atoms with Crippen molar-refractivity contribution in [2.45, 2.75) is 32.2 Å². The maximum Gasteiger partial charge on any atom is 0.277 e. The average Bonchev–Trinajstić information content (AvgIpc) is 2.76. The van der Waals surface area contributed by atoms with Gasteiger partial charge in [-0.1, -0.05) is 6.42 Å². The lowest BCUT2D eigenvalue weighted by molar-refractivity contribution is 0.0916. The fraction of sp³-hybridized carbons (Fsp3) is 0.727. The molecule has 0 radical (unpaired) electrons. The number of likely N-dealkylation sites (tertiary alicyclic amines) is 1. The maximum atomic E-state index is 11.8. The maximum absolute atomic E-state index is 11.8. The van der Waals surface area contributed by atoms with Gasteiger partial charge in [0.15, 0.2) is 0 Å². The summed E-state index contributed by atoms with van der Waals surface area (Å²) in [6, 6.07) is 0.0479. The summed E-state index contributed by atoms with van der Waals surface area (Å²) in [6.45, 7) is 5.02. The zero-order valence-corrected chi connectivity index (χ0v) is 10.6. The van der Waals surface area contributed by atoms with Crippen molar-refractivity contribution >= 4 is 11.7 Å². The first-order valence-electron chi connectivity index (χ1n) is 6.28. The highest BCUT2D eigenvalue weighted by Gasteiger charge is 2.19. The molecule has 1 aromatic heterocycles. The lowest BCUT2D eigenvalue weighted by atomic mass is 10.1. The molecule has 0 saturated carbocycles. The molecule has 1 amide bonds. The van der Waals surface area contributed by atoms with Crippen LogP contribution in [-0.2, 0) is 0 Å². The summed E-state index contributed by atoms with van der Waals surface area (Å²) in [7, 11) is 0. The summed E-state index contributed by atoms with van der Waals surface area (Å²) in [4.78, 5) is 14.2. The summed E-state index contributed by atoms with van der Waals surface area (Å²) in [5.41, 5.74) is 5.52. The van der Waals surface area contributed by atoms with E-state index in [9.17, 15) is 4.79 Å². The van der Waals surface area contributed by atoms with Gasteiger partial charge in [-0.25, -0.2) is 4.63 Å². The third kappa shape index (κ3) is 3.19. The van der Waals surface area contributed by atoms with Crippen LogP contribution >= 0.6 is 0 Å². The van der Waals surface area contributed by atoms with E-state index in [-0.39, 0.29) is 23.5 Å². The number of hydrogen-bond acceptors (Lipinski definition) is 6. The molecule has 0 aromatic carbocycles. The third-order valence-corrected chi connectivity index (χ3v) is 3.09. The number of hydrogen-bond donors (Lipinski definition) is 2. The molecular weight excluding hydrogens is 234 g/mol. The van der Waals surface area contributed by atoms with Crippen LogP contribution in [0.2, 0.25) is 0 Å². The minimum Gasteiger partial charge on any atom is -0.379 e. The van der Waals surface area contributed by atoms with E-state index in [1.807, 2.05) is 6.92 Å². The Morgan fingerprint density at radius 2 is 2.17 bits per heavy atom. The van der Waals surface area contributed by atoms with E-state index in [0.717, 1.165) is 19.6 Å². The Kier molecular flexibility index (Phi) is 4.14. The third-order valence-electron chi connectivity index (χ3n) is 3.09. The SMILES string of the molecule is CC(CN1CCCCC1)NC(=O)c1nonc1N. The number of carbonyl (C=O) groups excluding carboxylic acids is 1. The second kappa shape index (κ2) is 5.81. The van der Waals surface area contributed by atoms with Gasteiger partial charge in [-0.15, -0.1) is 0 Å². The van der Waals surface area contributed by atoms with Gasteiger partial charge in [-0.3, -0.25) is 4.79 Å². The number of anilines is 1. The van der Waals surface area contributed by atoms with Crippen molar-refractivity contribution in [2.75, 3.05) is 25.4 Å². The van der Waals surface area contributed by atoms with Crippen LogP contribution < -0.4 is 11.1 Å². The van der Waals surface area contributed by atoms with Crippen LogP contribution in [0.3, 0.4) is 0 Å². The molecule has 1 atom stereocenters. The van der Waals surface area contributed by atoms with E-state index in [2.05, 4.69) is 25.2 Å². The first-order chi connectivity index (χ1) is 8.66. The van der Waals surface area contributed by atoms with E-state index in [1.165, 1.54) is 19.3 Å². The van der Waals surface area contributed by atoms with Gasteiger partial charge in [0.05, 0.1) is 0 Å². The Morgan fingerprint density at radius 1 is 1.44 bits per heavy atom. The van der Waals surface area contributed by atoms with Crippen molar-refractivity contribution in [2.24, 2.45) is 0 Å². The Bertz CT molecular complexity index is 400. The van der Waals surface area contributed by atoms with Crippen LogP contribution in [0.4, 0.5) is 5.82 Å². The molecule has 1 unspecified atom stereocenters. The Morgan fingerprint density at radius 3 is 2.78 bits per heavy atom. The van der Waals surface area contributed by atoms with Crippen LogP contribution in [-0.4, -0.2) is 46.8 Å². The molecule has 7 heteroatoms. The second-order valence-corrected chi connectivity index (χ2v) is 4.73. The zero-order valence-electron chi connectivity index (χ0n) is 10.6. The molecule has 0 bridgehead atoms. The zero-order chi connectivity index (χ0) is 13.0. The van der Waals surface area contributed by atoms with Gasteiger partial charge in [0, 0.05) is 12.6 Å². The molecule has 7 nitrogen and oxygen atoms in total. The largest absolute Gasteiger partial charge is 0.379 e. The molecule has 1 saturated heterocycles. The standard InChI is InChI=1S/C11H19N5O2/c1-8(7-16-5-3-2-4-6-16)13-11(17)9-10(12)15-18-14-9/h8H,2-7H2,1H3,(H2,12,15)(H,13,17). The van der Waals surface area contributed by atoms with Crippen molar-refractivity contribution in [3.8, 4) is 0 Å². The van der Waals surface area contributed by atoms with Crippen molar-refractivity contribution in [1.29, 1.82) is 0 Å². The fourth-order valence-corrected chi connectivity index (χ4v) is 2.22. The number of amides is 1. The number of rotatable bonds is 4. The van der Waals surface area contributed by atoms with E-state index in [4.69, 9.17) is 5.73 Å². The number of nitrogen functional groups attached to an aromatic ring is 1. The van der Waals surface area contributed by atoms with Crippen LogP contribution in [0.1, 0.15) is 36.7 Å². The summed E-state index contributed by atoms with van der Waals surface area (Å²) in [5.74, 6) is -0.309. The van der Waals surface area contributed by atoms with E-state index >= 15 is 0 Å². The van der Waals surface area contributed by atoms with Gasteiger partial charge in [0.2, 0.25) is 11.5 Å². The first-order valence-corrected chi connectivity index (χ1v) is 6.28. The molecular formula is C11H19N5O2. The predicted molar refractivity (Wildman–Crippen MR) is 65.9 cm³/mol. The molecule has 1 aliphatic heterocycles. The number of nitrogens with one attached hydrogen (secondary N) is 1. The number of piperidine rings is 1. The lowest BCUT2D eigenvalue weighted by Gasteiger charge is -2.29. The average molecular weight is 253 g/mol. The highest BCUT2D eigenvalue weighted by Crippen LogP contribution is 2.09. The van der Waals surface area contributed by atoms with E-state index < -0.39 is 0 Å². The van der Waals surface area contributed by atoms with E-state index in [1.54, 1.807) is 0 Å². The Balaban J connectivity index is 1.81. The van der Waals surface area contributed by atoms with E-state index in [0.29, 0.717) is 0 Å². The normalized spacial score (nSPS) is 18.5. The van der Waals surface area contributed by atoms with Crippen LogP contribution in [0.15, 0.2) is 4.63 Å². The van der Waals surface area contributed by atoms with Crippen molar-refractivity contribution in [3.63, 3.8) is 0 Å². The van der Waals surface area contributed by atoms with Gasteiger partial charge in [0.25, 0.3) is 5.91 Å². The number of carbonyl (C=O) groups is 1. The minimum absolute atomic E-state index is 0.0256. The van der Waals surface area contributed by atoms with Crippen LogP contribution in [0, 0.1) is 0 Å². The monoisotopic (exact) mass is 253 g/mol. The summed E-state index contributed by atoms with van der Waals surface area (Å²) in [6.07, 6.45) is 3.78. The molecule has 2 heterocycles. The van der Waals surface area contributed by atoms with Gasteiger partial charge in [-0.05, 0) is 43.2 Å². The smallest absolute Gasteiger partial charge is 0.277 e. The highest BCUT2D eigenvalue weighted by molar-refractivity contribution is 5.96. The van der Waals surface area contributed by atoms with Crippen LogP contribution in [0.5, 0.6) is 0 Å². The topological polar surface area (TPSA) is 97.3 Å². The molecule has 3 N–H and O–H groups in total. The van der Waals surface area contributed by atoms with Gasteiger partial charge in [-0.2, -0.15) is 0 Å². The van der Waals surface area contributed by atoms with Gasteiger partial charge >= 0.3 is 0 Å². The van der Waals surface area contributed by atoms with Gasteiger partial charge < -0.3 is 16.0 Å². The summed E-state index contributed by atoms with van der Waals surface area (Å²) < 4.78 is 4.40. The molecule has 100 valence electrons. The summed E-state index contributed by atoms with van der Waals surface area (Å²) >= 11 is 0. The summed E-state index contributed by atoms with van der Waals surface area (Å²) in [5, 5.41) is 9.71. The van der Waals surface area contributed by atoms with Gasteiger partial charge in [0.1, 0.15) is 0 Å². The molecule has 0 aliphatic carbocycles. The molecule has 18 heavy (non-hydrogen) atoms. The molecule has 1 aromatic rings. The van der Waals surface area contributed by atoms with Crippen molar-refractivity contribution in [1.82, 2.24) is 20.5 Å². The van der Waals surface area contributed by atoms with Crippen LogP contribution in [0.25, 0.3) is 0 Å². The Labute approximate surface area is 106 Å². The first kappa shape index (κ1) is 12.8. The second-order valence-electron chi connectivity index (χ2n) is 4.73. The molecule has 1 fully saturated rings.